The zero-order valence-electron chi connectivity index (χ0n) is 8.85. The highest BCUT2D eigenvalue weighted by Crippen LogP contribution is 1.90. The quantitative estimate of drug-likeness (QED) is 0.456. The Balaban J connectivity index is 3.40. The van der Waals surface area contributed by atoms with Crippen LogP contribution >= 0.6 is 11.6 Å². The first-order valence-electron chi connectivity index (χ1n) is 4.79. The van der Waals surface area contributed by atoms with E-state index in [1.54, 1.807) is 7.11 Å². The van der Waals surface area contributed by atoms with Gasteiger partial charge in [-0.2, -0.15) is 0 Å². The molecule has 2 amide bonds. The fourth-order valence-corrected chi connectivity index (χ4v) is 0.983. The molecule has 0 atom stereocenters. The highest BCUT2D eigenvalue weighted by molar-refractivity contribution is 6.17. The number of amides is 2. The van der Waals surface area contributed by atoms with Crippen LogP contribution < -0.4 is 10.6 Å². The Morgan fingerprint density at radius 3 is 2.60 bits per heavy atom. The molecule has 0 aliphatic carbocycles. The minimum absolute atomic E-state index is 0.00479. The molecule has 88 valence electrons. The van der Waals surface area contributed by atoms with E-state index >= 15 is 0 Å². The first-order valence-corrected chi connectivity index (χ1v) is 5.32. The summed E-state index contributed by atoms with van der Waals surface area (Å²) in [5, 5.41) is 5.08. The molecule has 0 rings (SSSR count). The third kappa shape index (κ3) is 9.49. The number of carbonyl (C=O) groups is 2. The summed E-state index contributed by atoms with van der Waals surface area (Å²) in [6, 6.07) is 0. The molecule has 6 heteroatoms. The molecule has 0 saturated heterocycles. The van der Waals surface area contributed by atoms with Crippen LogP contribution in [0.15, 0.2) is 0 Å². The van der Waals surface area contributed by atoms with Crippen LogP contribution in [0.5, 0.6) is 0 Å². The smallest absolute Gasteiger partial charge is 0.239 e. The maximum absolute atomic E-state index is 11.1. The molecule has 0 heterocycles. The summed E-state index contributed by atoms with van der Waals surface area (Å²) in [7, 11) is 1.56. The summed E-state index contributed by atoms with van der Waals surface area (Å²) in [5.41, 5.74) is 0. The number of rotatable bonds is 8. The number of carbonyl (C=O) groups excluding carboxylic acids is 2. The summed E-state index contributed by atoms with van der Waals surface area (Å²) in [6.07, 6.45) is 0.980. The van der Waals surface area contributed by atoms with Gasteiger partial charge in [0, 0.05) is 26.0 Å². The van der Waals surface area contributed by atoms with Crippen molar-refractivity contribution < 1.29 is 14.3 Å². The van der Waals surface area contributed by atoms with Gasteiger partial charge in [0.25, 0.3) is 0 Å². The molecule has 0 aromatic heterocycles. The largest absolute Gasteiger partial charge is 0.383 e. The topological polar surface area (TPSA) is 67.4 Å². The first kappa shape index (κ1) is 14.2. The third-order valence-corrected chi connectivity index (χ3v) is 1.88. The van der Waals surface area contributed by atoms with Gasteiger partial charge in [-0.15, -0.1) is 11.6 Å². The SMILES string of the molecule is COCCNC(=O)CNC(=O)CCCCl. The molecular formula is C9H17ClN2O3. The lowest BCUT2D eigenvalue weighted by Crippen LogP contribution is -2.38. The Hall–Kier alpha value is -0.810. The zero-order valence-corrected chi connectivity index (χ0v) is 9.60. The van der Waals surface area contributed by atoms with Crippen molar-refractivity contribution in [2.24, 2.45) is 0 Å². The highest BCUT2D eigenvalue weighted by Gasteiger charge is 2.03. The fraction of sp³-hybridized carbons (Fsp3) is 0.778. The van der Waals surface area contributed by atoms with Gasteiger partial charge in [-0.25, -0.2) is 0 Å². The van der Waals surface area contributed by atoms with E-state index in [0.29, 0.717) is 31.9 Å². The van der Waals surface area contributed by atoms with Gasteiger partial charge in [-0.3, -0.25) is 9.59 Å². The van der Waals surface area contributed by atoms with E-state index in [2.05, 4.69) is 10.6 Å². The van der Waals surface area contributed by atoms with Crippen LogP contribution in [0, 0.1) is 0 Å². The van der Waals surface area contributed by atoms with Gasteiger partial charge >= 0.3 is 0 Å². The number of nitrogens with one attached hydrogen (secondary N) is 2. The van der Waals surface area contributed by atoms with Gasteiger partial charge in [0.1, 0.15) is 0 Å². The molecule has 0 radical (unpaired) electrons. The van der Waals surface area contributed by atoms with E-state index < -0.39 is 0 Å². The van der Waals surface area contributed by atoms with E-state index in [1.807, 2.05) is 0 Å². The summed E-state index contributed by atoms with van der Waals surface area (Å²) in [4.78, 5) is 22.2. The molecule has 0 aromatic rings. The predicted octanol–water partition coefficient (Wildman–Crippen LogP) is -0.116. The number of hydrogen-bond acceptors (Lipinski definition) is 3. The van der Waals surface area contributed by atoms with Crippen LogP contribution in [0.1, 0.15) is 12.8 Å². The van der Waals surface area contributed by atoms with Crippen LogP contribution in [0.3, 0.4) is 0 Å². The van der Waals surface area contributed by atoms with Crippen molar-refractivity contribution in [1.82, 2.24) is 10.6 Å². The number of methoxy groups -OCH3 is 1. The van der Waals surface area contributed by atoms with Crippen molar-refractivity contribution in [2.75, 3.05) is 32.7 Å². The summed E-state index contributed by atoms with van der Waals surface area (Å²) in [5.74, 6) is 0.0804. The lowest BCUT2D eigenvalue weighted by Gasteiger charge is -2.05. The van der Waals surface area contributed by atoms with E-state index in [4.69, 9.17) is 16.3 Å². The van der Waals surface area contributed by atoms with Gasteiger partial charge in [0.2, 0.25) is 11.8 Å². The van der Waals surface area contributed by atoms with Gasteiger partial charge in [-0.05, 0) is 6.42 Å². The van der Waals surface area contributed by atoms with Gasteiger partial charge in [0.15, 0.2) is 0 Å². The first-order chi connectivity index (χ1) is 7.20. The van der Waals surface area contributed by atoms with Crippen molar-refractivity contribution in [3.05, 3.63) is 0 Å². The highest BCUT2D eigenvalue weighted by atomic mass is 35.5. The van der Waals surface area contributed by atoms with Crippen LogP contribution in [0.25, 0.3) is 0 Å². The molecule has 15 heavy (non-hydrogen) atoms. The molecular weight excluding hydrogens is 220 g/mol. The van der Waals surface area contributed by atoms with E-state index in [0.717, 1.165) is 0 Å². The normalized spacial score (nSPS) is 9.73. The van der Waals surface area contributed by atoms with E-state index in [1.165, 1.54) is 0 Å². The molecule has 0 bridgehead atoms. The van der Waals surface area contributed by atoms with Crippen molar-refractivity contribution in [1.29, 1.82) is 0 Å². The fourth-order valence-electron chi connectivity index (χ4n) is 0.850. The second-order valence-electron chi connectivity index (χ2n) is 2.91. The number of halogens is 1. The van der Waals surface area contributed by atoms with Crippen LogP contribution in [-0.4, -0.2) is 44.5 Å². The minimum atomic E-state index is -0.216. The standard InChI is InChI=1S/C9H17ClN2O3/c1-15-6-5-11-9(14)7-12-8(13)3-2-4-10/h2-7H2,1H3,(H,11,14)(H,12,13). The third-order valence-electron chi connectivity index (χ3n) is 1.61. The Kier molecular flexibility index (Phi) is 9.21. The maximum Gasteiger partial charge on any atom is 0.239 e. The monoisotopic (exact) mass is 236 g/mol. The Bertz CT molecular complexity index is 200. The molecule has 0 aliphatic rings. The van der Waals surface area contributed by atoms with Crippen molar-refractivity contribution in [2.45, 2.75) is 12.8 Å². The maximum atomic E-state index is 11.1. The molecule has 2 N–H and O–H groups in total. The van der Waals surface area contributed by atoms with Crippen molar-refractivity contribution >= 4 is 23.4 Å². The van der Waals surface area contributed by atoms with E-state index in [9.17, 15) is 9.59 Å². The average molecular weight is 237 g/mol. The lowest BCUT2D eigenvalue weighted by atomic mass is 10.3. The summed E-state index contributed by atoms with van der Waals surface area (Å²) in [6.45, 7) is 0.920. The van der Waals surface area contributed by atoms with Gasteiger partial charge in [-0.1, -0.05) is 0 Å². The van der Waals surface area contributed by atoms with Crippen LogP contribution in [0.4, 0.5) is 0 Å². The molecule has 0 saturated carbocycles. The Morgan fingerprint density at radius 1 is 1.27 bits per heavy atom. The molecule has 0 unspecified atom stereocenters. The average Bonchev–Trinajstić information content (AvgIpc) is 2.24. The van der Waals surface area contributed by atoms with Crippen molar-refractivity contribution in [3.63, 3.8) is 0 Å². The second-order valence-corrected chi connectivity index (χ2v) is 3.29. The zero-order chi connectivity index (χ0) is 11.5. The molecule has 0 fully saturated rings. The number of hydrogen-bond donors (Lipinski definition) is 2. The summed E-state index contributed by atoms with van der Waals surface area (Å²) >= 11 is 5.42. The van der Waals surface area contributed by atoms with Crippen molar-refractivity contribution in [3.8, 4) is 0 Å². The molecule has 5 nitrogen and oxygen atoms in total. The Labute approximate surface area is 94.5 Å². The summed E-state index contributed by atoms with van der Waals surface area (Å²) < 4.78 is 4.75. The molecule has 0 spiro atoms. The Morgan fingerprint density at radius 2 is 2.00 bits per heavy atom. The van der Waals surface area contributed by atoms with Gasteiger partial charge in [0.05, 0.1) is 13.2 Å². The number of alkyl halides is 1. The van der Waals surface area contributed by atoms with Crippen LogP contribution in [0.2, 0.25) is 0 Å². The lowest BCUT2D eigenvalue weighted by molar-refractivity contribution is -0.126. The number of ether oxygens (including phenoxy) is 1. The molecule has 0 aromatic carbocycles. The van der Waals surface area contributed by atoms with E-state index in [-0.39, 0.29) is 18.4 Å². The predicted molar refractivity (Wildman–Crippen MR) is 57.8 cm³/mol. The molecule has 0 aliphatic heterocycles. The second kappa shape index (κ2) is 9.73. The van der Waals surface area contributed by atoms with Gasteiger partial charge < -0.3 is 15.4 Å². The minimum Gasteiger partial charge on any atom is -0.383 e. The van der Waals surface area contributed by atoms with Crippen LogP contribution in [-0.2, 0) is 14.3 Å².